The molecule has 1 fully saturated rings. The van der Waals surface area contributed by atoms with E-state index in [1.54, 1.807) is 4.90 Å². The van der Waals surface area contributed by atoms with Crippen LogP contribution in [0.4, 0.5) is 0 Å². The molecule has 0 bridgehead atoms. The summed E-state index contributed by atoms with van der Waals surface area (Å²) in [5, 5.41) is 2.75. The van der Waals surface area contributed by atoms with Crippen molar-refractivity contribution in [1.29, 1.82) is 0 Å². The van der Waals surface area contributed by atoms with Crippen molar-refractivity contribution < 1.29 is 14.3 Å². The molecule has 1 rings (SSSR count). The number of amides is 2. The van der Waals surface area contributed by atoms with Crippen molar-refractivity contribution >= 4 is 11.8 Å². The van der Waals surface area contributed by atoms with Crippen LogP contribution >= 0.6 is 0 Å². The SMILES string of the molecule is CCNC(=O)C1COCCN1C(=O)CC(N)CC(C)(C)C. The van der Waals surface area contributed by atoms with Crippen LogP contribution in [0.3, 0.4) is 0 Å². The maximum absolute atomic E-state index is 12.4. The molecule has 122 valence electrons. The number of hydrogen-bond donors (Lipinski definition) is 2. The number of nitrogens with one attached hydrogen (secondary N) is 1. The van der Waals surface area contributed by atoms with E-state index in [0.29, 0.717) is 19.7 Å². The molecular formula is C15H29N3O3. The minimum atomic E-state index is -0.534. The van der Waals surface area contributed by atoms with Gasteiger partial charge in [-0.15, -0.1) is 0 Å². The van der Waals surface area contributed by atoms with Crippen molar-refractivity contribution in [3.63, 3.8) is 0 Å². The maximum Gasteiger partial charge on any atom is 0.245 e. The summed E-state index contributed by atoms with van der Waals surface area (Å²) < 4.78 is 5.33. The van der Waals surface area contributed by atoms with Gasteiger partial charge in [-0.2, -0.15) is 0 Å². The molecule has 1 heterocycles. The van der Waals surface area contributed by atoms with Gasteiger partial charge in [0.2, 0.25) is 11.8 Å². The standard InChI is InChI=1S/C15H29N3O3/c1-5-17-14(20)12-10-21-7-6-18(12)13(19)8-11(16)9-15(2,3)4/h11-12H,5-10,16H2,1-4H3,(H,17,20). The minimum absolute atomic E-state index is 0.0636. The van der Waals surface area contributed by atoms with Gasteiger partial charge in [0.05, 0.1) is 13.2 Å². The van der Waals surface area contributed by atoms with E-state index in [1.165, 1.54) is 0 Å². The molecule has 1 saturated heterocycles. The van der Waals surface area contributed by atoms with E-state index in [9.17, 15) is 9.59 Å². The van der Waals surface area contributed by atoms with E-state index in [0.717, 1.165) is 6.42 Å². The van der Waals surface area contributed by atoms with Crippen LogP contribution in [0.1, 0.15) is 40.5 Å². The van der Waals surface area contributed by atoms with Gasteiger partial charge in [-0.1, -0.05) is 20.8 Å². The smallest absolute Gasteiger partial charge is 0.245 e. The first-order valence-electron chi connectivity index (χ1n) is 7.65. The van der Waals surface area contributed by atoms with Gasteiger partial charge in [0.25, 0.3) is 0 Å². The van der Waals surface area contributed by atoms with Crippen LogP contribution < -0.4 is 11.1 Å². The van der Waals surface area contributed by atoms with Crippen LogP contribution in [-0.4, -0.2) is 55.1 Å². The normalized spacial score (nSPS) is 21.0. The van der Waals surface area contributed by atoms with E-state index >= 15 is 0 Å². The second-order valence-electron chi connectivity index (χ2n) is 6.80. The zero-order chi connectivity index (χ0) is 16.0. The highest BCUT2D eigenvalue weighted by atomic mass is 16.5. The molecule has 2 atom stereocenters. The Hall–Kier alpha value is -1.14. The zero-order valence-electron chi connectivity index (χ0n) is 13.6. The fourth-order valence-corrected chi connectivity index (χ4v) is 2.61. The molecule has 0 aromatic heterocycles. The van der Waals surface area contributed by atoms with Crippen LogP contribution in [0.2, 0.25) is 0 Å². The number of ether oxygens (including phenoxy) is 1. The fraction of sp³-hybridized carbons (Fsp3) is 0.867. The van der Waals surface area contributed by atoms with E-state index in [1.807, 2.05) is 6.92 Å². The van der Waals surface area contributed by atoms with Crippen molar-refractivity contribution in [3.8, 4) is 0 Å². The van der Waals surface area contributed by atoms with Gasteiger partial charge in [0, 0.05) is 25.6 Å². The number of carbonyl (C=O) groups is 2. The largest absolute Gasteiger partial charge is 0.377 e. The summed E-state index contributed by atoms with van der Waals surface area (Å²) in [5.74, 6) is -0.221. The second-order valence-corrected chi connectivity index (χ2v) is 6.80. The molecule has 0 aliphatic carbocycles. The Labute approximate surface area is 127 Å². The number of hydrogen-bond acceptors (Lipinski definition) is 4. The third-order valence-corrected chi connectivity index (χ3v) is 3.41. The molecule has 2 unspecified atom stereocenters. The Bertz CT molecular complexity index is 366. The summed E-state index contributed by atoms with van der Waals surface area (Å²) in [6, 6.07) is -0.719. The zero-order valence-corrected chi connectivity index (χ0v) is 13.6. The van der Waals surface area contributed by atoms with Gasteiger partial charge in [-0.05, 0) is 18.8 Å². The Balaban J connectivity index is 2.62. The van der Waals surface area contributed by atoms with Gasteiger partial charge in [0.1, 0.15) is 6.04 Å². The predicted molar refractivity (Wildman–Crippen MR) is 81.7 cm³/mol. The van der Waals surface area contributed by atoms with Crippen LogP contribution in [0.25, 0.3) is 0 Å². The lowest BCUT2D eigenvalue weighted by Crippen LogP contribution is -2.56. The van der Waals surface area contributed by atoms with Crippen LogP contribution in [0.15, 0.2) is 0 Å². The van der Waals surface area contributed by atoms with Crippen molar-refractivity contribution in [2.75, 3.05) is 26.3 Å². The van der Waals surface area contributed by atoms with E-state index in [-0.39, 0.29) is 36.3 Å². The molecule has 0 saturated carbocycles. The van der Waals surface area contributed by atoms with Gasteiger partial charge < -0.3 is 20.7 Å². The lowest BCUT2D eigenvalue weighted by atomic mass is 9.87. The number of nitrogens with two attached hydrogens (primary N) is 1. The van der Waals surface area contributed by atoms with Crippen LogP contribution in [0, 0.1) is 5.41 Å². The maximum atomic E-state index is 12.4. The van der Waals surface area contributed by atoms with Crippen LogP contribution in [0.5, 0.6) is 0 Å². The summed E-state index contributed by atoms with van der Waals surface area (Å²) in [6.45, 7) is 9.87. The molecule has 2 amide bonds. The quantitative estimate of drug-likeness (QED) is 0.774. The van der Waals surface area contributed by atoms with Crippen LogP contribution in [-0.2, 0) is 14.3 Å². The Morgan fingerprint density at radius 3 is 2.67 bits per heavy atom. The molecule has 0 spiro atoms. The second kappa shape index (κ2) is 7.75. The highest BCUT2D eigenvalue weighted by molar-refractivity contribution is 5.88. The molecule has 0 radical (unpaired) electrons. The van der Waals surface area contributed by atoms with Crippen molar-refractivity contribution in [1.82, 2.24) is 10.2 Å². The molecule has 0 aromatic rings. The molecule has 1 aliphatic rings. The van der Waals surface area contributed by atoms with Crippen molar-refractivity contribution in [2.45, 2.75) is 52.6 Å². The summed E-state index contributed by atoms with van der Waals surface area (Å²) in [5.41, 5.74) is 6.16. The fourth-order valence-electron chi connectivity index (χ4n) is 2.61. The summed E-state index contributed by atoms with van der Waals surface area (Å²) >= 11 is 0. The topological polar surface area (TPSA) is 84.7 Å². The third kappa shape index (κ3) is 6.01. The van der Waals surface area contributed by atoms with Crippen molar-refractivity contribution in [3.05, 3.63) is 0 Å². The first-order valence-corrected chi connectivity index (χ1v) is 7.65. The molecule has 3 N–H and O–H groups in total. The Kier molecular flexibility index (Phi) is 6.61. The number of nitrogens with zero attached hydrogens (tertiary/aromatic N) is 1. The van der Waals surface area contributed by atoms with Crippen molar-refractivity contribution in [2.24, 2.45) is 11.1 Å². The first kappa shape index (κ1) is 17.9. The van der Waals surface area contributed by atoms with Gasteiger partial charge in [0.15, 0.2) is 0 Å². The first-order chi connectivity index (χ1) is 9.74. The highest BCUT2D eigenvalue weighted by Crippen LogP contribution is 2.22. The average molecular weight is 299 g/mol. The highest BCUT2D eigenvalue weighted by Gasteiger charge is 2.33. The summed E-state index contributed by atoms with van der Waals surface area (Å²) in [6.07, 6.45) is 1.04. The lowest BCUT2D eigenvalue weighted by molar-refractivity contribution is -0.148. The number of morpholine rings is 1. The molecule has 1 aliphatic heterocycles. The van der Waals surface area contributed by atoms with E-state index in [4.69, 9.17) is 10.5 Å². The minimum Gasteiger partial charge on any atom is -0.377 e. The van der Waals surface area contributed by atoms with E-state index < -0.39 is 6.04 Å². The van der Waals surface area contributed by atoms with E-state index in [2.05, 4.69) is 26.1 Å². The van der Waals surface area contributed by atoms with Gasteiger partial charge in [-0.25, -0.2) is 0 Å². The number of carbonyl (C=O) groups excluding carboxylic acids is 2. The third-order valence-electron chi connectivity index (χ3n) is 3.41. The molecule has 6 heteroatoms. The molecular weight excluding hydrogens is 270 g/mol. The summed E-state index contributed by atoms with van der Waals surface area (Å²) in [7, 11) is 0. The van der Waals surface area contributed by atoms with Gasteiger partial charge >= 0.3 is 0 Å². The average Bonchev–Trinajstić information content (AvgIpc) is 2.36. The Morgan fingerprint density at radius 2 is 2.10 bits per heavy atom. The van der Waals surface area contributed by atoms with Gasteiger partial charge in [-0.3, -0.25) is 9.59 Å². The number of likely N-dealkylation sites (N-methyl/N-ethyl adjacent to an activating group) is 1. The monoisotopic (exact) mass is 299 g/mol. The molecule has 21 heavy (non-hydrogen) atoms. The Morgan fingerprint density at radius 1 is 1.43 bits per heavy atom. The molecule has 6 nitrogen and oxygen atoms in total. The molecule has 0 aromatic carbocycles. The number of rotatable bonds is 5. The summed E-state index contributed by atoms with van der Waals surface area (Å²) in [4.78, 5) is 26.0. The predicted octanol–water partition coefficient (Wildman–Crippen LogP) is 0.504. The lowest BCUT2D eigenvalue weighted by Gasteiger charge is -2.35.